The van der Waals surface area contributed by atoms with Crippen molar-refractivity contribution in [2.75, 3.05) is 12.0 Å². The topological polar surface area (TPSA) is 46.5 Å². The number of hydrogen-bond donors (Lipinski definition) is 1. The third kappa shape index (κ3) is 5.45. The molecule has 0 spiro atoms. The summed E-state index contributed by atoms with van der Waals surface area (Å²) in [6, 6.07) is 13.2. The zero-order valence-electron chi connectivity index (χ0n) is 14.8. The molecular weight excluding hydrogens is 401 g/mol. The molecular formula is C20H19Cl2N3OS. The van der Waals surface area contributed by atoms with Crippen LogP contribution < -0.4 is 10.2 Å². The number of thiazole rings is 1. The van der Waals surface area contributed by atoms with Crippen molar-refractivity contribution in [3.8, 4) is 17.0 Å². The highest BCUT2D eigenvalue weighted by Gasteiger charge is 2.08. The molecule has 0 fully saturated rings. The van der Waals surface area contributed by atoms with Crippen molar-refractivity contribution in [3.63, 3.8) is 0 Å². The van der Waals surface area contributed by atoms with E-state index < -0.39 is 0 Å². The SMILES string of the molecule is CCCCOc1ccccc1C=NNc1nc(-c2ccc(Cl)cc2Cl)cs1. The van der Waals surface area contributed by atoms with Crippen molar-refractivity contribution >= 4 is 45.9 Å². The van der Waals surface area contributed by atoms with Crippen molar-refractivity contribution in [2.24, 2.45) is 5.10 Å². The Morgan fingerprint density at radius 1 is 1.22 bits per heavy atom. The van der Waals surface area contributed by atoms with E-state index in [0.717, 1.165) is 35.4 Å². The summed E-state index contributed by atoms with van der Waals surface area (Å²) in [4.78, 5) is 4.52. The van der Waals surface area contributed by atoms with Crippen molar-refractivity contribution in [3.05, 3.63) is 63.5 Å². The molecule has 3 aromatic rings. The third-order valence-electron chi connectivity index (χ3n) is 3.75. The van der Waals surface area contributed by atoms with E-state index in [1.807, 2.05) is 35.7 Å². The van der Waals surface area contributed by atoms with E-state index in [1.165, 1.54) is 11.3 Å². The maximum Gasteiger partial charge on any atom is 0.203 e. The summed E-state index contributed by atoms with van der Waals surface area (Å²) in [6.45, 7) is 2.84. The highest BCUT2D eigenvalue weighted by Crippen LogP contribution is 2.32. The predicted octanol–water partition coefficient (Wildman–Crippen LogP) is 6.74. The molecule has 0 bridgehead atoms. The first kappa shape index (κ1) is 19.7. The Bertz CT molecular complexity index is 927. The van der Waals surface area contributed by atoms with Gasteiger partial charge in [-0.15, -0.1) is 11.3 Å². The Morgan fingerprint density at radius 3 is 2.89 bits per heavy atom. The molecule has 0 saturated heterocycles. The van der Waals surface area contributed by atoms with E-state index in [9.17, 15) is 0 Å². The highest BCUT2D eigenvalue weighted by molar-refractivity contribution is 7.14. The van der Waals surface area contributed by atoms with Crippen LogP contribution in [0.25, 0.3) is 11.3 Å². The van der Waals surface area contributed by atoms with Gasteiger partial charge in [0.15, 0.2) is 0 Å². The molecule has 140 valence electrons. The summed E-state index contributed by atoms with van der Waals surface area (Å²) in [6.07, 6.45) is 3.86. The molecule has 1 N–H and O–H groups in total. The number of benzene rings is 2. The third-order valence-corrected chi connectivity index (χ3v) is 5.04. The van der Waals surface area contributed by atoms with Gasteiger partial charge in [-0.3, -0.25) is 5.43 Å². The number of hydrazone groups is 1. The molecule has 0 unspecified atom stereocenters. The van der Waals surface area contributed by atoms with Crippen LogP contribution >= 0.6 is 34.5 Å². The average Bonchev–Trinajstić information content (AvgIpc) is 3.12. The van der Waals surface area contributed by atoms with Crippen LogP contribution in [0, 0.1) is 0 Å². The van der Waals surface area contributed by atoms with E-state index in [1.54, 1.807) is 18.3 Å². The number of anilines is 1. The number of rotatable bonds is 8. The highest BCUT2D eigenvalue weighted by atomic mass is 35.5. The minimum Gasteiger partial charge on any atom is -0.493 e. The van der Waals surface area contributed by atoms with Crippen LogP contribution in [-0.4, -0.2) is 17.8 Å². The number of nitrogens with one attached hydrogen (secondary N) is 1. The van der Waals surface area contributed by atoms with Gasteiger partial charge in [-0.05, 0) is 36.8 Å². The van der Waals surface area contributed by atoms with E-state index >= 15 is 0 Å². The van der Waals surface area contributed by atoms with Gasteiger partial charge in [0.05, 0.1) is 23.5 Å². The Kier molecular flexibility index (Phi) is 7.10. The van der Waals surface area contributed by atoms with Crippen molar-refractivity contribution in [1.29, 1.82) is 0 Å². The lowest BCUT2D eigenvalue weighted by molar-refractivity contribution is 0.309. The fourth-order valence-corrected chi connectivity index (χ4v) is 3.51. The summed E-state index contributed by atoms with van der Waals surface area (Å²) in [7, 11) is 0. The Balaban J connectivity index is 1.67. The summed E-state index contributed by atoms with van der Waals surface area (Å²) in [5.41, 5.74) is 5.49. The van der Waals surface area contributed by atoms with Gasteiger partial charge in [-0.25, -0.2) is 4.98 Å². The zero-order valence-corrected chi connectivity index (χ0v) is 17.1. The number of hydrogen-bond acceptors (Lipinski definition) is 5. The molecule has 27 heavy (non-hydrogen) atoms. The van der Waals surface area contributed by atoms with Gasteiger partial charge < -0.3 is 4.74 Å². The van der Waals surface area contributed by atoms with Gasteiger partial charge in [0, 0.05) is 21.5 Å². The monoisotopic (exact) mass is 419 g/mol. The van der Waals surface area contributed by atoms with E-state index in [0.29, 0.717) is 21.8 Å². The first-order valence-electron chi connectivity index (χ1n) is 8.59. The number of para-hydroxylation sites is 1. The van der Waals surface area contributed by atoms with Crippen LogP contribution in [0.5, 0.6) is 5.75 Å². The molecule has 4 nitrogen and oxygen atoms in total. The van der Waals surface area contributed by atoms with Gasteiger partial charge in [-0.1, -0.05) is 48.7 Å². The molecule has 0 atom stereocenters. The van der Waals surface area contributed by atoms with E-state index in [-0.39, 0.29) is 0 Å². The summed E-state index contributed by atoms with van der Waals surface area (Å²) in [5.74, 6) is 0.823. The lowest BCUT2D eigenvalue weighted by Crippen LogP contribution is -2.00. The lowest BCUT2D eigenvalue weighted by Gasteiger charge is -2.07. The Hall–Kier alpha value is -2.08. The van der Waals surface area contributed by atoms with Gasteiger partial charge in [-0.2, -0.15) is 5.10 Å². The second-order valence-corrected chi connectivity index (χ2v) is 7.47. The predicted molar refractivity (Wildman–Crippen MR) is 116 cm³/mol. The molecule has 0 radical (unpaired) electrons. The minimum atomic E-state index is 0.570. The van der Waals surface area contributed by atoms with E-state index in [4.69, 9.17) is 27.9 Å². The standard InChI is InChI=1S/C20H19Cl2N3OS/c1-2-3-10-26-19-7-5-4-6-14(19)12-23-25-20-24-18(13-27-20)16-9-8-15(21)11-17(16)22/h4-9,11-13H,2-3,10H2,1H3,(H,24,25). The number of ether oxygens (including phenoxy) is 1. The normalized spacial score (nSPS) is 11.1. The molecule has 1 aromatic heterocycles. The largest absolute Gasteiger partial charge is 0.493 e. The number of halogens is 2. The lowest BCUT2D eigenvalue weighted by atomic mass is 10.2. The van der Waals surface area contributed by atoms with Gasteiger partial charge in [0.2, 0.25) is 5.13 Å². The molecule has 0 amide bonds. The fraction of sp³-hybridized carbons (Fsp3) is 0.200. The Morgan fingerprint density at radius 2 is 2.07 bits per heavy atom. The maximum atomic E-state index is 6.24. The van der Waals surface area contributed by atoms with Gasteiger partial charge in [0.1, 0.15) is 5.75 Å². The minimum absolute atomic E-state index is 0.570. The average molecular weight is 420 g/mol. The van der Waals surface area contributed by atoms with Crippen molar-refractivity contribution < 1.29 is 4.74 Å². The van der Waals surface area contributed by atoms with Crippen molar-refractivity contribution in [1.82, 2.24) is 4.98 Å². The zero-order chi connectivity index (χ0) is 19.1. The second kappa shape index (κ2) is 9.74. The van der Waals surface area contributed by atoms with Crippen LogP contribution in [-0.2, 0) is 0 Å². The molecule has 2 aromatic carbocycles. The first-order valence-corrected chi connectivity index (χ1v) is 10.2. The molecule has 3 rings (SSSR count). The summed E-state index contributed by atoms with van der Waals surface area (Å²) < 4.78 is 5.81. The number of nitrogens with zero attached hydrogens (tertiary/aromatic N) is 2. The molecule has 0 aliphatic rings. The quantitative estimate of drug-likeness (QED) is 0.249. The van der Waals surface area contributed by atoms with Crippen LogP contribution in [0.2, 0.25) is 10.0 Å². The maximum absolute atomic E-state index is 6.24. The summed E-state index contributed by atoms with van der Waals surface area (Å²) in [5, 5.41) is 8.06. The van der Waals surface area contributed by atoms with Crippen LogP contribution in [0.3, 0.4) is 0 Å². The number of unbranched alkanes of at least 4 members (excludes halogenated alkanes) is 1. The van der Waals surface area contributed by atoms with E-state index in [2.05, 4.69) is 22.4 Å². The van der Waals surface area contributed by atoms with Crippen molar-refractivity contribution in [2.45, 2.75) is 19.8 Å². The fourth-order valence-electron chi connectivity index (χ4n) is 2.35. The Labute approximate surface area is 172 Å². The summed E-state index contributed by atoms with van der Waals surface area (Å²) >= 11 is 13.6. The first-order chi connectivity index (χ1) is 13.2. The van der Waals surface area contributed by atoms with Crippen LogP contribution in [0.15, 0.2) is 52.9 Å². The molecule has 7 heteroatoms. The molecule has 1 heterocycles. The van der Waals surface area contributed by atoms with Gasteiger partial charge >= 0.3 is 0 Å². The van der Waals surface area contributed by atoms with Crippen LogP contribution in [0.1, 0.15) is 25.3 Å². The van der Waals surface area contributed by atoms with Crippen LogP contribution in [0.4, 0.5) is 5.13 Å². The molecule has 0 aliphatic heterocycles. The smallest absolute Gasteiger partial charge is 0.203 e. The second-order valence-electron chi connectivity index (χ2n) is 5.77. The number of aromatic nitrogens is 1. The van der Waals surface area contributed by atoms with Gasteiger partial charge in [0.25, 0.3) is 0 Å². The molecule has 0 saturated carbocycles. The molecule has 0 aliphatic carbocycles.